The number of aliphatic imine (C=N–C) groups is 1. The van der Waals surface area contributed by atoms with Gasteiger partial charge in [0.2, 0.25) is 0 Å². The van der Waals surface area contributed by atoms with E-state index in [2.05, 4.69) is 28.1 Å². The zero-order chi connectivity index (χ0) is 13.9. The van der Waals surface area contributed by atoms with Gasteiger partial charge in [0.15, 0.2) is 5.96 Å². The van der Waals surface area contributed by atoms with E-state index >= 15 is 0 Å². The Balaban J connectivity index is 1.83. The van der Waals surface area contributed by atoms with Crippen LogP contribution in [0.1, 0.15) is 44.2 Å². The minimum atomic E-state index is 0.276. The van der Waals surface area contributed by atoms with Crippen molar-refractivity contribution >= 4 is 5.96 Å². The van der Waals surface area contributed by atoms with Crippen molar-refractivity contribution in [1.82, 2.24) is 4.90 Å². The summed E-state index contributed by atoms with van der Waals surface area (Å²) in [6.07, 6.45) is 5.08. The number of ether oxygens (including phenoxy) is 1. The van der Waals surface area contributed by atoms with Crippen LogP contribution in [0.2, 0.25) is 0 Å². The van der Waals surface area contributed by atoms with Crippen molar-refractivity contribution in [2.24, 2.45) is 10.7 Å². The monoisotopic (exact) mass is 273 g/mol. The molecule has 0 saturated heterocycles. The molecule has 20 heavy (non-hydrogen) atoms. The fraction of sp³-hybridized carbons (Fsp3) is 0.562. The van der Waals surface area contributed by atoms with Gasteiger partial charge >= 0.3 is 0 Å². The Morgan fingerprint density at radius 3 is 2.90 bits per heavy atom. The first-order valence-corrected chi connectivity index (χ1v) is 7.60. The SMILES string of the molecule is CCOc1cccc(C2CN=C(N)N2C2CCCC2)c1. The number of nitrogens with two attached hydrogens (primary N) is 1. The van der Waals surface area contributed by atoms with Crippen LogP contribution in [0.15, 0.2) is 29.3 Å². The molecule has 1 heterocycles. The van der Waals surface area contributed by atoms with E-state index in [1.807, 2.05) is 13.0 Å². The van der Waals surface area contributed by atoms with Crippen molar-refractivity contribution in [3.8, 4) is 5.75 Å². The minimum Gasteiger partial charge on any atom is -0.494 e. The number of nitrogens with zero attached hydrogens (tertiary/aromatic N) is 2. The standard InChI is InChI=1S/C16H23N3O/c1-2-20-14-9-5-6-12(10-14)15-11-18-16(17)19(15)13-7-3-4-8-13/h5-6,9-10,13,15H,2-4,7-8,11H2,1H3,(H2,17,18). The van der Waals surface area contributed by atoms with Crippen LogP contribution >= 0.6 is 0 Å². The van der Waals surface area contributed by atoms with E-state index in [-0.39, 0.29) is 6.04 Å². The van der Waals surface area contributed by atoms with E-state index < -0.39 is 0 Å². The summed E-state index contributed by atoms with van der Waals surface area (Å²) < 4.78 is 5.61. The summed E-state index contributed by atoms with van der Waals surface area (Å²) in [6, 6.07) is 9.18. The van der Waals surface area contributed by atoms with Gasteiger partial charge in [-0.3, -0.25) is 4.99 Å². The summed E-state index contributed by atoms with van der Waals surface area (Å²) >= 11 is 0. The zero-order valence-corrected chi connectivity index (χ0v) is 12.1. The highest BCUT2D eigenvalue weighted by atomic mass is 16.5. The first-order chi connectivity index (χ1) is 9.79. The first-order valence-electron chi connectivity index (χ1n) is 7.60. The van der Waals surface area contributed by atoms with Crippen LogP contribution in [0, 0.1) is 0 Å². The molecule has 1 atom stereocenters. The number of hydrogen-bond donors (Lipinski definition) is 1. The third kappa shape index (κ3) is 2.47. The lowest BCUT2D eigenvalue weighted by Crippen LogP contribution is -2.42. The minimum absolute atomic E-state index is 0.276. The van der Waals surface area contributed by atoms with E-state index in [1.165, 1.54) is 31.2 Å². The summed E-state index contributed by atoms with van der Waals surface area (Å²) in [7, 11) is 0. The van der Waals surface area contributed by atoms with Gasteiger partial charge in [0.05, 0.1) is 19.2 Å². The van der Waals surface area contributed by atoms with Gasteiger partial charge in [-0.1, -0.05) is 25.0 Å². The van der Waals surface area contributed by atoms with Crippen molar-refractivity contribution in [1.29, 1.82) is 0 Å². The topological polar surface area (TPSA) is 50.9 Å². The summed E-state index contributed by atoms with van der Waals surface area (Å²) in [5.41, 5.74) is 7.38. The molecule has 1 unspecified atom stereocenters. The molecular formula is C16H23N3O. The highest BCUT2D eigenvalue weighted by Gasteiger charge is 2.34. The molecule has 1 aromatic rings. The highest BCUT2D eigenvalue weighted by molar-refractivity contribution is 5.80. The fourth-order valence-electron chi connectivity index (χ4n) is 3.38. The van der Waals surface area contributed by atoms with E-state index in [4.69, 9.17) is 10.5 Å². The quantitative estimate of drug-likeness (QED) is 0.917. The molecule has 1 aliphatic carbocycles. The second-order valence-corrected chi connectivity index (χ2v) is 5.57. The van der Waals surface area contributed by atoms with E-state index in [0.717, 1.165) is 12.3 Å². The van der Waals surface area contributed by atoms with E-state index in [9.17, 15) is 0 Å². The van der Waals surface area contributed by atoms with Gasteiger partial charge in [-0.2, -0.15) is 0 Å². The Labute approximate surface area is 120 Å². The van der Waals surface area contributed by atoms with Crippen LogP contribution in [-0.4, -0.2) is 30.1 Å². The van der Waals surface area contributed by atoms with Crippen LogP contribution in [0.5, 0.6) is 5.75 Å². The number of benzene rings is 1. The first kappa shape index (κ1) is 13.3. The van der Waals surface area contributed by atoms with Crippen LogP contribution in [0.3, 0.4) is 0 Å². The Hall–Kier alpha value is -1.71. The molecule has 0 bridgehead atoms. The molecule has 3 rings (SSSR count). The molecule has 2 N–H and O–H groups in total. The van der Waals surface area contributed by atoms with Crippen molar-refractivity contribution in [3.63, 3.8) is 0 Å². The van der Waals surface area contributed by atoms with Gasteiger partial charge in [-0.15, -0.1) is 0 Å². The average Bonchev–Trinajstić information content (AvgIpc) is 3.08. The Kier molecular flexibility index (Phi) is 3.81. The van der Waals surface area contributed by atoms with Crippen LogP contribution in [0.25, 0.3) is 0 Å². The van der Waals surface area contributed by atoms with E-state index in [0.29, 0.717) is 18.6 Å². The fourth-order valence-corrected chi connectivity index (χ4v) is 3.38. The van der Waals surface area contributed by atoms with E-state index in [1.54, 1.807) is 0 Å². The number of hydrogen-bond acceptors (Lipinski definition) is 4. The van der Waals surface area contributed by atoms with Crippen molar-refractivity contribution in [3.05, 3.63) is 29.8 Å². The second-order valence-electron chi connectivity index (χ2n) is 5.57. The third-order valence-corrected chi connectivity index (χ3v) is 4.30. The summed E-state index contributed by atoms with van der Waals surface area (Å²) in [5, 5.41) is 0. The molecule has 4 heteroatoms. The van der Waals surface area contributed by atoms with Gasteiger partial charge in [-0.05, 0) is 37.5 Å². The summed E-state index contributed by atoms with van der Waals surface area (Å²) in [5.74, 6) is 1.64. The lowest BCUT2D eigenvalue weighted by Gasteiger charge is -2.32. The molecular weight excluding hydrogens is 250 g/mol. The molecule has 1 aromatic carbocycles. The van der Waals surface area contributed by atoms with Gasteiger partial charge in [0.1, 0.15) is 5.75 Å². The van der Waals surface area contributed by atoms with Gasteiger partial charge in [0.25, 0.3) is 0 Å². The van der Waals surface area contributed by atoms with Gasteiger partial charge in [0, 0.05) is 6.04 Å². The maximum Gasteiger partial charge on any atom is 0.192 e. The summed E-state index contributed by atoms with van der Waals surface area (Å²) in [6.45, 7) is 3.46. The predicted molar refractivity (Wildman–Crippen MR) is 80.9 cm³/mol. The molecule has 0 amide bonds. The van der Waals surface area contributed by atoms with Crippen LogP contribution in [-0.2, 0) is 0 Å². The Bertz CT molecular complexity index is 494. The van der Waals surface area contributed by atoms with Crippen LogP contribution in [0.4, 0.5) is 0 Å². The second kappa shape index (κ2) is 5.73. The lowest BCUT2D eigenvalue weighted by molar-refractivity contribution is 0.261. The third-order valence-electron chi connectivity index (χ3n) is 4.30. The Morgan fingerprint density at radius 1 is 1.35 bits per heavy atom. The number of rotatable bonds is 4. The molecule has 4 nitrogen and oxygen atoms in total. The molecule has 0 aromatic heterocycles. The van der Waals surface area contributed by atoms with Crippen molar-refractivity contribution in [2.45, 2.75) is 44.7 Å². The zero-order valence-electron chi connectivity index (χ0n) is 12.1. The predicted octanol–water partition coefficient (Wildman–Crippen LogP) is 2.70. The molecule has 0 radical (unpaired) electrons. The van der Waals surface area contributed by atoms with Crippen molar-refractivity contribution < 1.29 is 4.74 Å². The lowest BCUT2D eigenvalue weighted by atomic mass is 10.0. The smallest absolute Gasteiger partial charge is 0.192 e. The number of guanidine groups is 1. The van der Waals surface area contributed by atoms with Gasteiger partial charge < -0.3 is 15.4 Å². The molecule has 0 spiro atoms. The normalized spacial score (nSPS) is 23.1. The highest BCUT2D eigenvalue weighted by Crippen LogP contribution is 2.34. The molecule has 1 saturated carbocycles. The largest absolute Gasteiger partial charge is 0.494 e. The van der Waals surface area contributed by atoms with Crippen LogP contribution < -0.4 is 10.5 Å². The maximum absolute atomic E-state index is 6.13. The maximum atomic E-state index is 6.13. The Morgan fingerprint density at radius 2 is 2.15 bits per heavy atom. The van der Waals surface area contributed by atoms with Gasteiger partial charge in [-0.25, -0.2) is 0 Å². The molecule has 108 valence electrons. The summed E-state index contributed by atoms with van der Waals surface area (Å²) in [4.78, 5) is 6.81. The molecule has 1 aliphatic heterocycles. The average molecular weight is 273 g/mol. The van der Waals surface area contributed by atoms with Crippen molar-refractivity contribution in [2.75, 3.05) is 13.2 Å². The molecule has 1 fully saturated rings. The molecule has 2 aliphatic rings.